The Balaban J connectivity index is 2.19. The summed E-state index contributed by atoms with van der Waals surface area (Å²) in [7, 11) is 0. The summed E-state index contributed by atoms with van der Waals surface area (Å²) in [6, 6.07) is 8.07. The van der Waals surface area contributed by atoms with Gasteiger partial charge in [0.2, 0.25) is 0 Å². The van der Waals surface area contributed by atoms with Gasteiger partial charge in [-0.05, 0) is 45.9 Å². The minimum Gasteiger partial charge on any atom is -0.457 e. The van der Waals surface area contributed by atoms with Crippen LogP contribution in [0, 0.1) is 19.3 Å². The van der Waals surface area contributed by atoms with E-state index in [1.54, 1.807) is 52.0 Å². The van der Waals surface area contributed by atoms with Gasteiger partial charge in [-0.25, -0.2) is 0 Å². The van der Waals surface area contributed by atoms with E-state index in [0.717, 1.165) is 0 Å². The number of benzene rings is 1. The number of furan rings is 1. The van der Waals surface area contributed by atoms with Gasteiger partial charge in [-0.1, -0.05) is 12.0 Å². The number of hydrogen-bond donors (Lipinski definition) is 2. The zero-order valence-corrected chi connectivity index (χ0v) is 15.1. The standard InChI is InChI=1S/C20H20N2O4/c1-6-13-8-7-9-14(10-13)21-18(24)15-11-16(26-12(15)2)17(23)19(25)22-20(3,4)5/h1,7-11H,2-5H3,(H,21,24)(H,22,25). The largest absolute Gasteiger partial charge is 0.457 e. The molecule has 6 nitrogen and oxygen atoms in total. The SMILES string of the molecule is C#Cc1cccc(NC(=O)c2cc(C(=O)C(=O)NC(C)(C)C)oc2C)c1. The molecule has 0 radical (unpaired) electrons. The predicted molar refractivity (Wildman–Crippen MR) is 98.0 cm³/mol. The number of aryl methyl sites for hydroxylation is 1. The smallest absolute Gasteiger partial charge is 0.296 e. The van der Waals surface area contributed by atoms with Crippen LogP contribution in [0.1, 0.15) is 53.0 Å². The average molecular weight is 352 g/mol. The van der Waals surface area contributed by atoms with Crippen LogP contribution in [0.3, 0.4) is 0 Å². The lowest BCUT2D eigenvalue weighted by Gasteiger charge is -2.19. The third-order valence-electron chi connectivity index (χ3n) is 3.37. The van der Waals surface area contributed by atoms with E-state index in [4.69, 9.17) is 10.8 Å². The molecule has 2 rings (SSSR count). The first kappa shape index (κ1) is 19.0. The van der Waals surface area contributed by atoms with Crippen molar-refractivity contribution < 1.29 is 18.8 Å². The van der Waals surface area contributed by atoms with E-state index in [0.29, 0.717) is 11.3 Å². The van der Waals surface area contributed by atoms with E-state index in [1.807, 2.05) is 0 Å². The van der Waals surface area contributed by atoms with Crippen LogP contribution in [-0.2, 0) is 4.79 Å². The molecule has 1 aromatic carbocycles. The first-order chi connectivity index (χ1) is 12.1. The van der Waals surface area contributed by atoms with Gasteiger partial charge >= 0.3 is 0 Å². The van der Waals surface area contributed by atoms with Crippen molar-refractivity contribution in [1.29, 1.82) is 0 Å². The maximum Gasteiger partial charge on any atom is 0.296 e. The van der Waals surface area contributed by atoms with Gasteiger partial charge < -0.3 is 15.1 Å². The van der Waals surface area contributed by atoms with Gasteiger partial charge in [-0.3, -0.25) is 14.4 Å². The molecule has 0 aliphatic rings. The van der Waals surface area contributed by atoms with Crippen LogP contribution < -0.4 is 10.6 Å². The summed E-state index contributed by atoms with van der Waals surface area (Å²) < 4.78 is 5.31. The second-order valence-corrected chi connectivity index (χ2v) is 6.79. The van der Waals surface area contributed by atoms with E-state index in [1.165, 1.54) is 6.07 Å². The van der Waals surface area contributed by atoms with Gasteiger partial charge in [-0.2, -0.15) is 0 Å². The molecule has 0 unspecified atom stereocenters. The number of amides is 2. The molecule has 0 aliphatic carbocycles. The van der Waals surface area contributed by atoms with Crippen molar-refractivity contribution >= 4 is 23.3 Å². The molecule has 0 saturated heterocycles. The molecule has 0 bridgehead atoms. The molecule has 0 aliphatic heterocycles. The Hall–Kier alpha value is -3.33. The quantitative estimate of drug-likeness (QED) is 0.503. The Kier molecular flexibility index (Phi) is 5.32. The van der Waals surface area contributed by atoms with Gasteiger partial charge in [0, 0.05) is 22.9 Å². The van der Waals surface area contributed by atoms with E-state index in [-0.39, 0.29) is 17.1 Å². The lowest BCUT2D eigenvalue weighted by Crippen LogP contribution is -2.44. The lowest BCUT2D eigenvalue weighted by molar-refractivity contribution is -0.118. The molecule has 2 amide bonds. The highest BCUT2D eigenvalue weighted by Gasteiger charge is 2.26. The number of terminal acetylenes is 1. The van der Waals surface area contributed by atoms with Crippen molar-refractivity contribution in [2.45, 2.75) is 33.2 Å². The Labute approximate surface area is 152 Å². The monoisotopic (exact) mass is 352 g/mol. The first-order valence-electron chi connectivity index (χ1n) is 7.96. The number of Topliss-reactive ketones (excluding diaryl/α,β-unsaturated/α-hetero) is 1. The maximum absolute atomic E-state index is 12.4. The third-order valence-corrected chi connectivity index (χ3v) is 3.37. The second-order valence-electron chi connectivity index (χ2n) is 6.79. The highest BCUT2D eigenvalue weighted by atomic mass is 16.4. The minimum atomic E-state index is -0.837. The van der Waals surface area contributed by atoms with E-state index in [2.05, 4.69) is 16.6 Å². The van der Waals surface area contributed by atoms with Crippen LogP contribution in [-0.4, -0.2) is 23.1 Å². The summed E-state index contributed by atoms with van der Waals surface area (Å²) in [6.07, 6.45) is 5.34. The van der Waals surface area contributed by atoms with Crippen molar-refractivity contribution in [3.63, 3.8) is 0 Å². The number of ketones is 1. The van der Waals surface area contributed by atoms with Crippen molar-refractivity contribution in [3.8, 4) is 12.3 Å². The normalized spacial score (nSPS) is 10.7. The number of carbonyl (C=O) groups excluding carboxylic acids is 3. The molecule has 1 heterocycles. The molecular weight excluding hydrogens is 332 g/mol. The summed E-state index contributed by atoms with van der Waals surface area (Å²) in [4.78, 5) is 36.6. The highest BCUT2D eigenvalue weighted by Crippen LogP contribution is 2.18. The number of nitrogens with one attached hydrogen (secondary N) is 2. The highest BCUT2D eigenvalue weighted by molar-refractivity contribution is 6.42. The lowest BCUT2D eigenvalue weighted by atomic mass is 10.1. The zero-order chi connectivity index (χ0) is 19.5. The Morgan fingerprint density at radius 3 is 2.46 bits per heavy atom. The molecule has 1 aromatic heterocycles. The number of carbonyl (C=O) groups is 3. The molecule has 134 valence electrons. The van der Waals surface area contributed by atoms with Crippen LogP contribution in [0.2, 0.25) is 0 Å². The third kappa shape index (κ3) is 4.61. The fourth-order valence-electron chi connectivity index (χ4n) is 2.21. The number of hydrogen-bond acceptors (Lipinski definition) is 4. The Morgan fingerprint density at radius 2 is 1.85 bits per heavy atom. The summed E-state index contributed by atoms with van der Waals surface area (Å²) in [5, 5.41) is 5.25. The molecule has 2 N–H and O–H groups in total. The molecule has 2 aromatic rings. The van der Waals surface area contributed by atoms with Gasteiger partial charge in [-0.15, -0.1) is 6.42 Å². The van der Waals surface area contributed by atoms with Gasteiger partial charge in [0.05, 0.1) is 5.56 Å². The van der Waals surface area contributed by atoms with Crippen LogP contribution in [0.5, 0.6) is 0 Å². The van der Waals surface area contributed by atoms with Crippen molar-refractivity contribution in [2.24, 2.45) is 0 Å². The fraction of sp³-hybridized carbons (Fsp3) is 0.250. The molecule has 6 heteroatoms. The zero-order valence-electron chi connectivity index (χ0n) is 15.1. The van der Waals surface area contributed by atoms with E-state index in [9.17, 15) is 14.4 Å². The summed E-state index contributed by atoms with van der Waals surface area (Å²) in [5.41, 5.74) is 0.755. The molecule has 0 spiro atoms. The summed E-state index contributed by atoms with van der Waals surface area (Å²) >= 11 is 0. The van der Waals surface area contributed by atoms with Crippen molar-refractivity contribution in [1.82, 2.24) is 5.32 Å². The number of anilines is 1. The van der Waals surface area contributed by atoms with Crippen molar-refractivity contribution in [2.75, 3.05) is 5.32 Å². The molecule has 0 saturated carbocycles. The van der Waals surface area contributed by atoms with E-state index < -0.39 is 23.1 Å². The topological polar surface area (TPSA) is 88.4 Å². The Morgan fingerprint density at radius 1 is 1.15 bits per heavy atom. The number of rotatable bonds is 4. The van der Waals surface area contributed by atoms with Crippen LogP contribution in [0.25, 0.3) is 0 Å². The molecule has 0 fully saturated rings. The van der Waals surface area contributed by atoms with Gasteiger partial charge in [0.1, 0.15) is 5.76 Å². The fourth-order valence-corrected chi connectivity index (χ4v) is 2.21. The average Bonchev–Trinajstić information content (AvgIpc) is 2.94. The molecular formula is C20H20N2O4. The van der Waals surface area contributed by atoms with Crippen LogP contribution in [0.4, 0.5) is 5.69 Å². The molecule has 26 heavy (non-hydrogen) atoms. The van der Waals surface area contributed by atoms with Crippen LogP contribution in [0.15, 0.2) is 34.7 Å². The first-order valence-corrected chi connectivity index (χ1v) is 7.96. The van der Waals surface area contributed by atoms with Crippen molar-refractivity contribution in [3.05, 3.63) is 53.0 Å². The maximum atomic E-state index is 12.4. The van der Waals surface area contributed by atoms with Gasteiger partial charge in [0.15, 0.2) is 5.76 Å². The van der Waals surface area contributed by atoms with Gasteiger partial charge in [0.25, 0.3) is 17.6 Å². The van der Waals surface area contributed by atoms with E-state index >= 15 is 0 Å². The predicted octanol–water partition coefficient (Wildman–Crippen LogP) is 2.92. The van der Waals surface area contributed by atoms with Crippen LogP contribution >= 0.6 is 0 Å². The summed E-state index contributed by atoms with van der Waals surface area (Å²) in [5.74, 6) is 0.442. The second kappa shape index (κ2) is 7.28. The molecule has 0 atom stereocenters. The Bertz CT molecular complexity index is 911. The summed E-state index contributed by atoms with van der Waals surface area (Å²) in [6.45, 7) is 6.82. The minimum absolute atomic E-state index is 0.169.